The Morgan fingerprint density at radius 3 is 2.67 bits per heavy atom. The molecule has 0 heterocycles. The summed E-state index contributed by atoms with van der Waals surface area (Å²) in [6.45, 7) is 0. The van der Waals surface area contributed by atoms with Crippen LogP contribution in [0.4, 0.5) is 0 Å². The van der Waals surface area contributed by atoms with Crippen molar-refractivity contribution >= 4 is 17.9 Å². The van der Waals surface area contributed by atoms with Crippen LogP contribution in [0.15, 0.2) is 24.3 Å². The van der Waals surface area contributed by atoms with Gasteiger partial charge in [-0.3, -0.25) is 0 Å². The van der Waals surface area contributed by atoms with Crippen LogP contribution in [0.1, 0.15) is 6.42 Å². The predicted octanol–water partition coefficient (Wildman–Crippen LogP) is 1.68. The molecule has 0 aliphatic heterocycles. The van der Waals surface area contributed by atoms with Crippen molar-refractivity contribution in [1.29, 1.82) is 0 Å². The van der Waals surface area contributed by atoms with Crippen molar-refractivity contribution in [2.45, 2.75) is 11.3 Å². The van der Waals surface area contributed by atoms with Crippen LogP contribution >= 0.6 is 11.6 Å². The van der Waals surface area contributed by atoms with Crippen LogP contribution in [0.25, 0.3) is 0 Å². The fraction of sp³-hybridized carbons (Fsp3) is 0.286. The molecule has 0 aromatic carbocycles. The van der Waals surface area contributed by atoms with Crippen molar-refractivity contribution in [3.8, 4) is 0 Å². The molecule has 0 saturated carbocycles. The van der Waals surface area contributed by atoms with E-state index in [4.69, 9.17) is 11.6 Å². The molecule has 0 spiro atoms. The highest BCUT2D eigenvalue weighted by atomic mass is 35.5. The number of rotatable bonds is 1. The van der Waals surface area contributed by atoms with Crippen molar-refractivity contribution < 1.29 is 4.79 Å². The molecule has 48 valence electrons. The maximum atomic E-state index is 10.3. The van der Waals surface area contributed by atoms with E-state index in [2.05, 4.69) is 0 Å². The molecule has 1 nitrogen and oxygen atoms in total. The summed E-state index contributed by atoms with van der Waals surface area (Å²) in [4.78, 5) is 9.51. The third kappa shape index (κ3) is 1.42. The summed E-state index contributed by atoms with van der Waals surface area (Å²) in [6.07, 6.45) is 8.60. The van der Waals surface area contributed by atoms with Crippen LogP contribution < -0.4 is 0 Å². The van der Waals surface area contributed by atoms with Gasteiger partial charge in [0.2, 0.25) is 0 Å². The number of aldehydes is 1. The van der Waals surface area contributed by atoms with Crippen LogP contribution in [-0.4, -0.2) is 11.2 Å². The van der Waals surface area contributed by atoms with Crippen molar-refractivity contribution in [3.63, 3.8) is 0 Å². The number of carbonyl (C=O) groups excluding carboxylic acids is 1. The summed E-state index contributed by atoms with van der Waals surface area (Å²) in [6, 6.07) is 0. The molecule has 1 atom stereocenters. The average molecular weight is 143 g/mol. The first-order valence-electron chi connectivity index (χ1n) is 2.76. The number of hydrogen-bond acceptors (Lipinski definition) is 1. The summed E-state index contributed by atoms with van der Waals surface area (Å²) in [7, 11) is 0. The standard InChI is InChI=1S/C7H7ClO/c8-7(6-9)4-2-1-3-5-7/h1-4,6H,5H2. The monoisotopic (exact) mass is 142 g/mol. The Hall–Kier alpha value is -0.560. The summed E-state index contributed by atoms with van der Waals surface area (Å²) < 4.78 is 0. The molecule has 9 heavy (non-hydrogen) atoms. The summed E-state index contributed by atoms with van der Waals surface area (Å²) >= 11 is 5.75. The second-order valence-electron chi connectivity index (χ2n) is 2.04. The van der Waals surface area contributed by atoms with Crippen molar-refractivity contribution in [2.24, 2.45) is 0 Å². The smallest absolute Gasteiger partial charge is 0.145 e. The van der Waals surface area contributed by atoms with Gasteiger partial charge in [-0.25, -0.2) is 0 Å². The highest BCUT2D eigenvalue weighted by molar-refractivity contribution is 6.33. The molecule has 0 fully saturated rings. The summed E-state index contributed by atoms with van der Waals surface area (Å²) in [5.41, 5.74) is 0. The normalized spacial score (nSPS) is 32.6. The van der Waals surface area contributed by atoms with E-state index in [9.17, 15) is 4.79 Å². The molecule has 0 amide bonds. The predicted molar refractivity (Wildman–Crippen MR) is 37.5 cm³/mol. The molecule has 0 saturated heterocycles. The Balaban J connectivity index is 2.73. The number of hydrogen-bond donors (Lipinski definition) is 0. The Morgan fingerprint density at radius 2 is 2.33 bits per heavy atom. The first-order valence-corrected chi connectivity index (χ1v) is 3.14. The van der Waals surface area contributed by atoms with Gasteiger partial charge in [-0.1, -0.05) is 24.3 Å². The van der Waals surface area contributed by atoms with Crippen LogP contribution in [0.3, 0.4) is 0 Å². The van der Waals surface area contributed by atoms with Crippen LogP contribution in [0.5, 0.6) is 0 Å². The van der Waals surface area contributed by atoms with E-state index >= 15 is 0 Å². The van der Waals surface area contributed by atoms with Crippen molar-refractivity contribution in [1.82, 2.24) is 0 Å². The quantitative estimate of drug-likeness (QED) is 0.402. The lowest BCUT2D eigenvalue weighted by Gasteiger charge is -2.14. The summed E-state index contributed by atoms with van der Waals surface area (Å²) in [5.74, 6) is 0. The minimum absolute atomic E-state index is 0.606. The zero-order valence-corrected chi connectivity index (χ0v) is 5.64. The zero-order chi connectivity index (χ0) is 6.74. The van der Waals surface area contributed by atoms with Gasteiger partial charge in [0.25, 0.3) is 0 Å². The molecule has 0 bridgehead atoms. The van der Waals surface area contributed by atoms with E-state index in [1.54, 1.807) is 12.2 Å². The maximum Gasteiger partial charge on any atom is 0.145 e. The lowest BCUT2D eigenvalue weighted by atomic mass is 10.0. The molecule has 1 rings (SSSR count). The van der Waals surface area contributed by atoms with Gasteiger partial charge < -0.3 is 4.79 Å². The fourth-order valence-electron chi connectivity index (χ4n) is 0.698. The maximum absolute atomic E-state index is 10.3. The molecule has 2 heteroatoms. The van der Waals surface area contributed by atoms with E-state index in [0.29, 0.717) is 6.42 Å². The lowest BCUT2D eigenvalue weighted by molar-refractivity contribution is -0.109. The molecule has 1 unspecified atom stereocenters. The molecule has 0 radical (unpaired) electrons. The minimum Gasteiger partial charge on any atom is -0.301 e. The van der Waals surface area contributed by atoms with E-state index in [0.717, 1.165) is 6.29 Å². The second-order valence-corrected chi connectivity index (χ2v) is 2.74. The van der Waals surface area contributed by atoms with Gasteiger partial charge in [0.1, 0.15) is 11.2 Å². The minimum atomic E-state index is -0.755. The van der Waals surface area contributed by atoms with Gasteiger partial charge in [0.15, 0.2) is 0 Å². The van der Waals surface area contributed by atoms with Crippen molar-refractivity contribution in [2.75, 3.05) is 0 Å². The third-order valence-electron chi connectivity index (χ3n) is 1.25. The van der Waals surface area contributed by atoms with Crippen molar-refractivity contribution in [3.05, 3.63) is 24.3 Å². The van der Waals surface area contributed by atoms with Gasteiger partial charge in [-0.2, -0.15) is 0 Å². The molecule has 0 N–H and O–H groups in total. The average Bonchev–Trinajstić information content (AvgIpc) is 1.90. The van der Waals surface area contributed by atoms with Crippen LogP contribution in [0, 0.1) is 0 Å². The Labute approximate surface area is 59.0 Å². The Morgan fingerprint density at radius 1 is 1.56 bits per heavy atom. The first-order chi connectivity index (χ1) is 4.27. The molecule has 0 aromatic rings. The van der Waals surface area contributed by atoms with Gasteiger partial charge in [0.05, 0.1) is 0 Å². The fourth-order valence-corrected chi connectivity index (χ4v) is 0.860. The highest BCUT2D eigenvalue weighted by Gasteiger charge is 2.21. The largest absolute Gasteiger partial charge is 0.301 e. The Bertz CT molecular complexity index is 172. The Kier molecular flexibility index (Phi) is 1.72. The topological polar surface area (TPSA) is 17.1 Å². The number of halogens is 1. The zero-order valence-electron chi connectivity index (χ0n) is 4.88. The van der Waals surface area contributed by atoms with Gasteiger partial charge in [-0.05, 0) is 6.42 Å². The first kappa shape index (κ1) is 6.56. The van der Waals surface area contributed by atoms with Gasteiger partial charge >= 0.3 is 0 Å². The van der Waals surface area contributed by atoms with E-state index < -0.39 is 4.87 Å². The van der Waals surface area contributed by atoms with E-state index in [1.165, 1.54) is 0 Å². The molecule has 1 aliphatic carbocycles. The van der Waals surface area contributed by atoms with Crippen LogP contribution in [0.2, 0.25) is 0 Å². The highest BCUT2D eigenvalue weighted by Crippen LogP contribution is 2.22. The number of alkyl halides is 1. The molecular formula is C7H7ClO. The second kappa shape index (κ2) is 2.36. The number of carbonyl (C=O) groups is 1. The molecular weight excluding hydrogens is 136 g/mol. The van der Waals surface area contributed by atoms with Crippen LogP contribution in [-0.2, 0) is 4.79 Å². The molecule has 1 aliphatic rings. The van der Waals surface area contributed by atoms with Gasteiger partial charge in [-0.15, -0.1) is 11.6 Å². The van der Waals surface area contributed by atoms with E-state index in [1.807, 2.05) is 12.2 Å². The SMILES string of the molecule is O=CC1(Cl)C=CC=CC1. The lowest BCUT2D eigenvalue weighted by Crippen LogP contribution is -2.19. The number of allylic oxidation sites excluding steroid dienone is 4. The summed E-state index contributed by atoms with van der Waals surface area (Å²) in [5, 5.41) is 0. The molecule has 0 aromatic heterocycles. The van der Waals surface area contributed by atoms with Gasteiger partial charge in [0, 0.05) is 0 Å². The third-order valence-corrected chi connectivity index (χ3v) is 1.62. The van der Waals surface area contributed by atoms with E-state index in [-0.39, 0.29) is 0 Å².